The van der Waals surface area contributed by atoms with Gasteiger partial charge in [0.25, 0.3) is 11.8 Å². The van der Waals surface area contributed by atoms with E-state index >= 15 is 0 Å². The summed E-state index contributed by atoms with van der Waals surface area (Å²) in [4.78, 5) is 26.2. The SMILES string of the molecule is CC(C)CNC(=O)c1ccccc1NC(=O)c1ccc2c(c1)[C@@H]1[C@H]3CC[C@@H](C3)[C@@H]1[C@@H](c1ccccc1)N2. The number of hydrogen-bond donors (Lipinski definition) is 3. The van der Waals surface area contributed by atoms with Crippen LogP contribution < -0.4 is 16.0 Å². The van der Waals surface area contributed by atoms with Gasteiger partial charge in [0.15, 0.2) is 0 Å². The van der Waals surface area contributed by atoms with E-state index in [1.807, 2.05) is 18.2 Å². The maximum absolute atomic E-state index is 13.4. The molecule has 0 aromatic heterocycles. The van der Waals surface area contributed by atoms with Crippen molar-refractivity contribution in [2.24, 2.45) is 23.7 Å². The van der Waals surface area contributed by atoms with Crippen LogP contribution in [0.3, 0.4) is 0 Å². The summed E-state index contributed by atoms with van der Waals surface area (Å²) < 4.78 is 0. The predicted molar refractivity (Wildman–Crippen MR) is 148 cm³/mol. The molecule has 3 aromatic carbocycles. The molecule has 2 fully saturated rings. The van der Waals surface area contributed by atoms with Gasteiger partial charge in [-0.2, -0.15) is 0 Å². The predicted octanol–water partition coefficient (Wildman–Crippen LogP) is 6.62. The van der Waals surface area contributed by atoms with Gasteiger partial charge in [-0.05, 0) is 90.3 Å². The number of carbonyl (C=O) groups is 2. The Morgan fingerprint density at radius 3 is 2.49 bits per heavy atom. The second-order valence-corrected chi connectivity index (χ2v) is 11.4. The Kier molecular flexibility index (Phi) is 6.23. The highest BCUT2D eigenvalue weighted by Gasteiger charge is 2.53. The molecule has 3 aromatic rings. The van der Waals surface area contributed by atoms with Crippen LogP contribution in [-0.2, 0) is 0 Å². The van der Waals surface area contributed by atoms with Gasteiger partial charge in [-0.25, -0.2) is 0 Å². The molecular weight excluding hydrogens is 458 g/mol. The molecule has 5 nitrogen and oxygen atoms in total. The maximum Gasteiger partial charge on any atom is 0.255 e. The lowest BCUT2D eigenvalue weighted by Crippen LogP contribution is -2.35. The fourth-order valence-corrected chi connectivity index (χ4v) is 6.99. The van der Waals surface area contributed by atoms with E-state index in [1.165, 1.54) is 30.4 Å². The fourth-order valence-electron chi connectivity index (χ4n) is 6.99. The van der Waals surface area contributed by atoms with Crippen molar-refractivity contribution < 1.29 is 9.59 Å². The van der Waals surface area contributed by atoms with Gasteiger partial charge in [0.05, 0.1) is 17.3 Å². The molecule has 5 atom stereocenters. The number of fused-ring (bicyclic) bond motifs is 7. The third-order valence-electron chi connectivity index (χ3n) is 8.60. The summed E-state index contributed by atoms with van der Waals surface area (Å²) in [5, 5.41) is 9.81. The molecule has 1 heterocycles. The summed E-state index contributed by atoms with van der Waals surface area (Å²) in [6, 6.07) is 24.4. The molecule has 2 bridgehead atoms. The number of benzene rings is 3. The van der Waals surface area contributed by atoms with E-state index in [0.717, 1.165) is 11.6 Å². The molecule has 5 heteroatoms. The average molecular weight is 494 g/mol. The summed E-state index contributed by atoms with van der Waals surface area (Å²) in [6.45, 7) is 4.71. The lowest BCUT2D eigenvalue weighted by molar-refractivity contribution is 0.0950. The molecule has 0 spiro atoms. The topological polar surface area (TPSA) is 70.2 Å². The van der Waals surface area contributed by atoms with Gasteiger partial charge in [-0.3, -0.25) is 9.59 Å². The molecule has 3 aliphatic rings. The molecule has 37 heavy (non-hydrogen) atoms. The lowest BCUT2D eigenvalue weighted by atomic mass is 9.68. The highest BCUT2D eigenvalue weighted by molar-refractivity contribution is 6.09. The van der Waals surface area contributed by atoms with Crippen molar-refractivity contribution in [3.63, 3.8) is 0 Å². The zero-order valence-corrected chi connectivity index (χ0v) is 21.5. The number of rotatable bonds is 6. The van der Waals surface area contributed by atoms with Crippen LogP contribution >= 0.6 is 0 Å². The second kappa shape index (κ2) is 9.70. The highest BCUT2D eigenvalue weighted by Crippen LogP contribution is 2.63. The largest absolute Gasteiger partial charge is 0.378 e. The Balaban J connectivity index is 1.28. The van der Waals surface area contributed by atoms with Crippen LogP contribution in [-0.4, -0.2) is 18.4 Å². The molecule has 0 unspecified atom stereocenters. The van der Waals surface area contributed by atoms with E-state index < -0.39 is 0 Å². The van der Waals surface area contributed by atoms with Crippen molar-refractivity contribution in [1.29, 1.82) is 0 Å². The number of amides is 2. The third-order valence-corrected chi connectivity index (χ3v) is 8.60. The third kappa shape index (κ3) is 4.41. The van der Waals surface area contributed by atoms with Gasteiger partial charge in [-0.1, -0.05) is 56.3 Å². The molecular formula is C32H35N3O2. The van der Waals surface area contributed by atoms with E-state index in [9.17, 15) is 9.59 Å². The van der Waals surface area contributed by atoms with E-state index in [-0.39, 0.29) is 11.8 Å². The molecule has 2 saturated carbocycles. The van der Waals surface area contributed by atoms with Crippen LogP contribution in [0.1, 0.15) is 76.9 Å². The fraction of sp³-hybridized carbons (Fsp3) is 0.375. The number of hydrogen-bond acceptors (Lipinski definition) is 3. The van der Waals surface area contributed by atoms with E-state index in [4.69, 9.17) is 0 Å². The number of carbonyl (C=O) groups excluding carboxylic acids is 2. The Morgan fingerprint density at radius 2 is 1.68 bits per heavy atom. The van der Waals surface area contributed by atoms with Crippen LogP contribution in [0.15, 0.2) is 72.8 Å². The zero-order chi connectivity index (χ0) is 25.5. The zero-order valence-electron chi connectivity index (χ0n) is 21.5. The van der Waals surface area contributed by atoms with E-state index in [2.05, 4.69) is 72.3 Å². The number of anilines is 2. The summed E-state index contributed by atoms with van der Waals surface area (Å²) in [6.07, 6.45) is 3.87. The lowest BCUT2D eigenvalue weighted by Gasteiger charge is -2.43. The minimum Gasteiger partial charge on any atom is -0.378 e. The highest BCUT2D eigenvalue weighted by atomic mass is 16.2. The first-order chi connectivity index (χ1) is 18.0. The van der Waals surface area contributed by atoms with Crippen LogP contribution in [0.5, 0.6) is 0 Å². The van der Waals surface area contributed by atoms with Crippen molar-refractivity contribution in [1.82, 2.24) is 5.32 Å². The Hall–Kier alpha value is -3.60. The molecule has 0 radical (unpaired) electrons. The van der Waals surface area contributed by atoms with Crippen LogP contribution in [0.4, 0.5) is 11.4 Å². The van der Waals surface area contributed by atoms with Gasteiger partial charge in [-0.15, -0.1) is 0 Å². The second-order valence-electron chi connectivity index (χ2n) is 11.4. The van der Waals surface area contributed by atoms with Gasteiger partial charge in [0.1, 0.15) is 0 Å². The standard InChI is InChI=1S/C32H35N3O2/c1-19(2)18-33-32(37)24-10-6-7-11-26(24)35-31(36)23-14-15-27-25(17-23)28-21-12-13-22(16-21)29(28)30(34-27)20-8-4-3-5-9-20/h3-11,14-15,17,19,21-22,28-30,34H,12-13,16,18H2,1-2H3,(H,33,37)(H,35,36)/t21-,22-,28-,29-,30+/m0/s1. The summed E-state index contributed by atoms with van der Waals surface area (Å²) in [5.41, 5.74) is 5.43. The monoisotopic (exact) mass is 493 g/mol. The Morgan fingerprint density at radius 1 is 0.919 bits per heavy atom. The Bertz CT molecular complexity index is 1320. The van der Waals surface area contributed by atoms with E-state index in [1.54, 1.807) is 12.1 Å². The van der Waals surface area contributed by atoms with Crippen molar-refractivity contribution >= 4 is 23.2 Å². The average Bonchev–Trinajstić information content (AvgIpc) is 3.55. The minimum absolute atomic E-state index is 0.170. The van der Waals surface area contributed by atoms with Gasteiger partial charge in [0, 0.05) is 17.8 Å². The summed E-state index contributed by atoms with van der Waals surface area (Å²) >= 11 is 0. The Labute approximate surface area is 219 Å². The molecule has 1 aliphatic heterocycles. The molecule has 3 N–H and O–H groups in total. The quantitative estimate of drug-likeness (QED) is 0.361. The van der Waals surface area contributed by atoms with Gasteiger partial charge >= 0.3 is 0 Å². The molecule has 2 aliphatic carbocycles. The molecule has 0 saturated heterocycles. The van der Waals surface area contributed by atoms with Gasteiger partial charge in [0.2, 0.25) is 0 Å². The first-order valence-electron chi connectivity index (χ1n) is 13.6. The number of para-hydroxylation sites is 1. The van der Waals surface area contributed by atoms with Crippen molar-refractivity contribution in [3.8, 4) is 0 Å². The van der Waals surface area contributed by atoms with Crippen LogP contribution in [0, 0.1) is 23.7 Å². The summed E-state index contributed by atoms with van der Waals surface area (Å²) in [7, 11) is 0. The normalized spacial score (nSPS) is 25.2. The minimum atomic E-state index is -0.184. The van der Waals surface area contributed by atoms with Crippen molar-refractivity contribution in [2.75, 3.05) is 17.2 Å². The van der Waals surface area contributed by atoms with Crippen LogP contribution in [0.2, 0.25) is 0 Å². The van der Waals surface area contributed by atoms with Crippen molar-refractivity contribution in [2.45, 2.75) is 45.1 Å². The first-order valence-corrected chi connectivity index (χ1v) is 13.6. The van der Waals surface area contributed by atoms with Crippen LogP contribution in [0.25, 0.3) is 0 Å². The van der Waals surface area contributed by atoms with Gasteiger partial charge < -0.3 is 16.0 Å². The maximum atomic E-state index is 13.4. The van der Waals surface area contributed by atoms with E-state index in [0.29, 0.717) is 53.1 Å². The number of nitrogens with one attached hydrogen (secondary N) is 3. The first kappa shape index (κ1) is 23.8. The molecule has 6 rings (SSSR count). The smallest absolute Gasteiger partial charge is 0.255 e. The summed E-state index contributed by atoms with van der Waals surface area (Å²) in [5.74, 6) is 2.44. The van der Waals surface area contributed by atoms with Crippen molar-refractivity contribution in [3.05, 3.63) is 95.1 Å². The molecule has 2 amide bonds. The molecule has 190 valence electrons.